The third-order valence-corrected chi connectivity index (χ3v) is 2.98. The highest BCUT2D eigenvalue weighted by Crippen LogP contribution is 2.05. The molecule has 0 unspecified atom stereocenters. The van der Waals surface area contributed by atoms with E-state index in [-0.39, 0.29) is 0 Å². The van der Waals surface area contributed by atoms with Gasteiger partial charge < -0.3 is 0 Å². The van der Waals surface area contributed by atoms with E-state index < -0.39 is 53.5 Å². The summed E-state index contributed by atoms with van der Waals surface area (Å²) in [7, 11) is 0. The monoisotopic (exact) mass is 328 g/mol. The van der Waals surface area contributed by atoms with E-state index in [9.17, 15) is 28.8 Å². The first kappa shape index (κ1) is 20.5. The number of Topliss-reactive ketones (excluding diaryl/α,β-unsaturated/α-hetero) is 4. The Morgan fingerprint density at radius 3 is 1.04 bits per heavy atom. The average molecular weight is 328 g/mol. The Hall–Kier alpha value is -2.46. The number of hydrogen-bond donors (Lipinski definition) is 2. The van der Waals surface area contributed by atoms with Gasteiger partial charge in [0, 0.05) is 0 Å². The minimum atomic E-state index is -1.52. The predicted octanol–water partition coefficient (Wildman–Crippen LogP) is -2.13. The van der Waals surface area contributed by atoms with Crippen molar-refractivity contribution in [2.75, 3.05) is 0 Å². The van der Waals surface area contributed by atoms with E-state index in [0.717, 1.165) is 27.7 Å². The fraction of sp³-hybridized carbons (Fsp3) is 0.538. The molecule has 0 heterocycles. The van der Waals surface area contributed by atoms with Crippen LogP contribution in [-0.4, -0.2) is 57.0 Å². The summed E-state index contributed by atoms with van der Waals surface area (Å²) < 4.78 is 0. The summed E-state index contributed by atoms with van der Waals surface area (Å²) in [5, 5.41) is 0.680. The Morgan fingerprint density at radius 1 is 0.652 bits per heavy atom. The van der Waals surface area contributed by atoms with Gasteiger partial charge >= 0.3 is 0 Å². The Bertz CT molecular complexity index is 483. The first-order chi connectivity index (χ1) is 10.4. The molecule has 0 bridgehead atoms. The molecule has 0 saturated carbocycles. The molecular weight excluding hydrogens is 308 g/mol. The zero-order chi connectivity index (χ0) is 18.5. The van der Waals surface area contributed by atoms with E-state index in [0.29, 0.717) is 10.0 Å². The molecular formula is C13H20N4O6. The standard InChI is InChI=1S/C13H20N4O6/c1-6(18)12(7(2)19)16(14)10(22)5-11(23)17(15)13(8(3)20)9(4)21/h12-13H,5,14-15H2,1-4H3. The number of nitrogens with two attached hydrogens (primary N) is 2. The van der Waals surface area contributed by atoms with Gasteiger partial charge in [0.1, 0.15) is 6.42 Å². The molecule has 0 atom stereocenters. The molecule has 0 aromatic carbocycles. The molecule has 0 fully saturated rings. The van der Waals surface area contributed by atoms with E-state index in [2.05, 4.69) is 0 Å². The first-order valence-corrected chi connectivity index (χ1v) is 6.57. The summed E-state index contributed by atoms with van der Waals surface area (Å²) in [6.45, 7) is 4.27. The molecule has 4 N–H and O–H groups in total. The van der Waals surface area contributed by atoms with Crippen LogP contribution < -0.4 is 11.7 Å². The van der Waals surface area contributed by atoms with Gasteiger partial charge in [0.2, 0.25) is 11.8 Å². The van der Waals surface area contributed by atoms with Crippen molar-refractivity contribution in [2.45, 2.75) is 46.2 Å². The van der Waals surface area contributed by atoms with E-state index in [1.807, 2.05) is 0 Å². The van der Waals surface area contributed by atoms with Gasteiger partial charge in [0.15, 0.2) is 35.2 Å². The molecule has 0 aliphatic carbocycles. The smallest absolute Gasteiger partial charge is 0.247 e. The van der Waals surface area contributed by atoms with Crippen LogP contribution in [0.5, 0.6) is 0 Å². The number of carbonyl (C=O) groups excluding carboxylic acids is 6. The molecule has 0 aromatic heterocycles. The Labute approximate surface area is 132 Å². The minimum Gasteiger partial charge on any atom is -0.297 e. The van der Waals surface area contributed by atoms with Gasteiger partial charge in [-0.25, -0.2) is 11.7 Å². The molecule has 0 spiro atoms. The van der Waals surface area contributed by atoms with Gasteiger partial charge in [-0.3, -0.25) is 38.8 Å². The zero-order valence-corrected chi connectivity index (χ0v) is 13.4. The van der Waals surface area contributed by atoms with Gasteiger partial charge in [-0.1, -0.05) is 0 Å². The highest BCUT2D eigenvalue weighted by atomic mass is 16.2. The lowest BCUT2D eigenvalue weighted by atomic mass is 10.1. The number of ketones is 4. The quantitative estimate of drug-likeness (QED) is 0.221. The van der Waals surface area contributed by atoms with Crippen molar-refractivity contribution < 1.29 is 28.8 Å². The lowest BCUT2D eigenvalue weighted by Crippen LogP contribution is -2.56. The number of hydrogen-bond acceptors (Lipinski definition) is 8. The van der Waals surface area contributed by atoms with Gasteiger partial charge in [0.05, 0.1) is 0 Å². The van der Waals surface area contributed by atoms with Crippen LogP contribution in [0.3, 0.4) is 0 Å². The highest BCUT2D eigenvalue weighted by Gasteiger charge is 2.33. The van der Waals surface area contributed by atoms with Crippen LogP contribution in [0.4, 0.5) is 0 Å². The SMILES string of the molecule is CC(=O)C(C(C)=O)N(N)C(=O)CC(=O)N(N)C(C(C)=O)C(C)=O. The molecule has 0 aromatic rings. The summed E-state index contributed by atoms with van der Waals surface area (Å²) in [5.74, 6) is 6.03. The fourth-order valence-corrected chi connectivity index (χ4v) is 1.96. The Kier molecular flexibility index (Phi) is 7.36. The fourth-order valence-electron chi connectivity index (χ4n) is 1.96. The van der Waals surface area contributed by atoms with E-state index >= 15 is 0 Å². The van der Waals surface area contributed by atoms with Gasteiger partial charge in [0.25, 0.3) is 0 Å². The highest BCUT2D eigenvalue weighted by molar-refractivity contribution is 6.10. The van der Waals surface area contributed by atoms with Gasteiger partial charge in [-0.2, -0.15) is 0 Å². The van der Waals surface area contributed by atoms with Crippen LogP contribution in [0.2, 0.25) is 0 Å². The molecule has 0 aliphatic heterocycles. The normalized spacial score (nSPS) is 10.4. The number of nitrogens with zero attached hydrogens (tertiary/aromatic N) is 2. The third-order valence-electron chi connectivity index (χ3n) is 2.98. The topological polar surface area (TPSA) is 161 Å². The number of hydrazine groups is 2. The molecule has 0 saturated heterocycles. The Morgan fingerprint density at radius 2 is 0.870 bits per heavy atom. The van der Waals surface area contributed by atoms with Crippen LogP contribution in [-0.2, 0) is 28.8 Å². The second-order valence-corrected chi connectivity index (χ2v) is 5.03. The van der Waals surface area contributed by atoms with Gasteiger partial charge in [-0.15, -0.1) is 0 Å². The minimum absolute atomic E-state index is 0.340. The molecule has 23 heavy (non-hydrogen) atoms. The molecule has 10 nitrogen and oxygen atoms in total. The summed E-state index contributed by atoms with van der Waals surface area (Å²) >= 11 is 0. The molecule has 128 valence electrons. The number of rotatable bonds is 8. The first-order valence-electron chi connectivity index (χ1n) is 6.57. The maximum absolute atomic E-state index is 11.9. The summed E-state index contributed by atoms with van der Waals surface area (Å²) in [6, 6.07) is -3.03. The maximum atomic E-state index is 11.9. The molecule has 0 rings (SSSR count). The van der Waals surface area contributed by atoms with Crippen LogP contribution in [0.1, 0.15) is 34.1 Å². The predicted molar refractivity (Wildman–Crippen MR) is 77.0 cm³/mol. The summed E-state index contributed by atoms with van der Waals surface area (Å²) in [4.78, 5) is 69.1. The summed E-state index contributed by atoms with van der Waals surface area (Å²) in [5.41, 5.74) is 0. The lowest BCUT2D eigenvalue weighted by Gasteiger charge is -2.26. The zero-order valence-electron chi connectivity index (χ0n) is 13.4. The van der Waals surface area contributed by atoms with Crippen LogP contribution >= 0.6 is 0 Å². The van der Waals surface area contributed by atoms with Crippen molar-refractivity contribution in [1.82, 2.24) is 10.0 Å². The Balaban J connectivity index is 5.12. The lowest BCUT2D eigenvalue weighted by molar-refractivity contribution is -0.151. The van der Waals surface area contributed by atoms with Crippen LogP contribution in [0.25, 0.3) is 0 Å². The molecule has 10 heteroatoms. The second-order valence-electron chi connectivity index (χ2n) is 5.03. The molecule has 0 radical (unpaired) electrons. The number of carbonyl (C=O) groups is 6. The van der Waals surface area contributed by atoms with Crippen molar-refractivity contribution in [3.8, 4) is 0 Å². The van der Waals surface area contributed by atoms with Crippen LogP contribution in [0, 0.1) is 0 Å². The van der Waals surface area contributed by atoms with Crippen molar-refractivity contribution >= 4 is 34.9 Å². The van der Waals surface area contributed by atoms with Crippen molar-refractivity contribution in [2.24, 2.45) is 11.7 Å². The second kappa shape index (κ2) is 8.25. The van der Waals surface area contributed by atoms with Crippen LogP contribution in [0.15, 0.2) is 0 Å². The van der Waals surface area contributed by atoms with E-state index in [4.69, 9.17) is 11.7 Å². The van der Waals surface area contributed by atoms with Crippen molar-refractivity contribution in [3.63, 3.8) is 0 Å². The third kappa shape index (κ3) is 5.34. The molecule has 0 aliphatic rings. The van der Waals surface area contributed by atoms with Crippen molar-refractivity contribution in [1.29, 1.82) is 0 Å². The van der Waals surface area contributed by atoms with Crippen molar-refractivity contribution in [3.05, 3.63) is 0 Å². The largest absolute Gasteiger partial charge is 0.297 e. The maximum Gasteiger partial charge on any atom is 0.247 e. The van der Waals surface area contributed by atoms with E-state index in [1.165, 1.54) is 0 Å². The number of amides is 2. The summed E-state index contributed by atoms with van der Waals surface area (Å²) in [6.07, 6.45) is -0.902. The average Bonchev–Trinajstić information content (AvgIpc) is 2.36. The van der Waals surface area contributed by atoms with Gasteiger partial charge in [-0.05, 0) is 27.7 Å². The van der Waals surface area contributed by atoms with E-state index in [1.54, 1.807) is 0 Å². The molecule has 2 amide bonds.